The van der Waals surface area contributed by atoms with E-state index in [1.54, 1.807) is 48.5 Å². The molecule has 0 saturated carbocycles. The molecule has 0 bridgehead atoms. The Balaban J connectivity index is 1.40. The van der Waals surface area contributed by atoms with Crippen molar-refractivity contribution < 1.29 is 23.1 Å². The molecule has 0 unspecified atom stereocenters. The number of anilines is 5. The average molecular weight is 567 g/mol. The number of ether oxygens (including phenoxy) is 1. The molecule has 2 amide bonds. The molecular weight excluding hydrogens is 534 g/mol. The molecule has 1 aromatic heterocycles. The summed E-state index contributed by atoms with van der Waals surface area (Å²) in [4.78, 5) is 38.7. The molecule has 11 nitrogen and oxygen atoms in total. The lowest BCUT2D eigenvalue weighted by atomic mass is 10.1. The van der Waals surface area contributed by atoms with Crippen LogP contribution in [-0.4, -0.2) is 91.0 Å². The Morgan fingerprint density at radius 3 is 2.51 bits per heavy atom. The van der Waals surface area contributed by atoms with Gasteiger partial charge in [-0.05, 0) is 36.9 Å². The van der Waals surface area contributed by atoms with Crippen LogP contribution in [0.1, 0.15) is 17.3 Å². The molecular formula is C28H32F2N8O3. The van der Waals surface area contributed by atoms with Crippen LogP contribution in [0.4, 0.5) is 37.6 Å². The van der Waals surface area contributed by atoms with Gasteiger partial charge in [-0.3, -0.25) is 15.0 Å². The van der Waals surface area contributed by atoms with Gasteiger partial charge in [0.2, 0.25) is 5.95 Å². The molecule has 0 spiro atoms. The molecule has 1 saturated heterocycles. The molecule has 13 heteroatoms. The van der Waals surface area contributed by atoms with Gasteiger partial charge in [0.25, 0.3) is 11.8 Å². The largest absolute Gasteiger partial charge is 0.495 e. The van der Waals surface area contributed by atoms with Crippen LogP contribution in [-0.2, 0) is 4.79 Å². The molecule has 5 rings (SSSR count). The predicted octanol–water partition coefficient (Wildman–Crippen LogP) is 3.26. The zero-order chi connectivity index (χ0) is 29.1. The van der Waals surface area contributed by atoms with E-state index >= 15 is 0 Å². The van der Waals surface area contributed by atoms with E-state index in [4.69, 9.17) is 4.74 Å². The van der Waals surface area contributed by atoms with E-state index in [9.17, 15) is 18.4 Å². The highest BCUT2D eigenvalue weighted by atomic mass is 19.3. The van der Waals surface area contributed by atoms with Crippen LogP contribution in [0.15, 0.2) is 54.7 Å². The van der Waals surface area contributed by atoms with E-state index in [1.807, 2.05) is 5.01 Å². The molecule has 0 aliphatic carbocycles. The number of rotatable bonds is 7. The predicted molar refractivity (Wildman–Crippen MR) is 151 cm³/mol. The summed E-state index contributed by atoms with van der Waals surface area (Å²) in [7, 11) is 2.75. The molecule has 2 aliphatic rings. The van der Waals surface area contributed by atoms with Gasteiger partial charge >= 0.3 is 5.92 Å². The first-order valence-corrected chi connectivity index (χ1v) is 13.3. The number of hydrogen-bond acceptors (Lipinski definition) is 9. The third-order valence-corrected chi connectivity index (χ3v) is 7.20. The Morgan fingerprint density at radius 2 is 1.83 bits per heavy atom. The molecule has 0 radical (unpaired) electrons. The number of nitrogens with one attached hydrogen (secondary N) is 2. The van der Waals surface area contributed by atoms with Crippen molar-refractivity contribution in [3.05, 3.63) is 60.3 Å². The number of likely N-dealkylation sites (N-methyl/N-ethyl adjacent to an activating group) is 1. The first kappa shape index (κ1) is 28.2. The quantitative estimate of drug-likeness (QED) is 0.446. The number of piperazine rings is 1. The number of alkyl halides is 2. The standard InChI is InChI=1S/C28H32F2N8O3/c1-4-36-12-14-37(15-13-36)34-25(39)19-10-11-21(23(16-19)41-3)32-27-31-17-22-24(33-27)38(20-8-6-5-7-9-20)18-28(29,30)26(40)35(22)2/h5-11,16-17H,4,12-15,18H2,1-3H3,(H,34,39)(H,31,32,33). The second-order valence-corrected chi connectivity index (χ2v) is 9.80. The molecule has 2 aromatic carbocycles. The van der Waals surface area contributed by atoms with Crippen LogP contribution in [0.3, 0.4) is 0 Å². The molecule has 0 atom stereocenters. The summed E-state index contributed by atoms with van der Waals surface area (Å²) in [6.45, 7) is 5.44. The minimum absolute atomic E-state index is 0.0973. The number of benzene rings is 2. The van der Waals surface area contributed by atoms with Gasteiger partial charge in [-0.25, -0.2) is 9.99 Å². The van der Waals surface area contributed by atoms with Gasteiger partial charge in [-0.2, -0.15) is 13.8 Å². The summed E-state index contributed by atoms with van der Waals surface area (Å²) in [6, 6.07) is 13.5. The second-order valence-electron chi connectivity index (χ2n) is 9.80. The summed E-state index contributed by atoms with van der Waals surface area (Å²) < 4.78 is 35.3. The van der Waals surface area contributed by atoms with Crippen molar-refractivity contribution in [2.45, 2.75) is 12.8 Å². The van der Waals surface area contributed by atoms with E-state index in [0.717, 1.165) is 37.6 Å². The highest BCUT2D eigenvalue weighted by Gasteiger charge is 2.47. The summed E-state index contributed by atoms with van der Waals surface area (Å²) in [5, 5.41) is 4.96. The van der Waals surface area contributed by atoms with Crippen molar-refractivity contribution in [2.75, 3.05) is 68.5 Å². The Kier molecular flexibility index (Phi) is 7.99. The maximum absolute atomic E-state index is 14.9. The number of nitrogens with zero attached hydrogens (tertiary/aromatic N) is 6. The van der Waals surface area contributed by atoms with Crippen LogP contribution in [0.2, 0.25) is 0 Å². The van der Waals surface area contributed by atoms with Gasteiger partial charge in [0.1, 0.15) is 11.4 Å². The van der Waals surface area contributed by atoms with Gasteiger partial charge < -0.3 is 24.8 Å². The van der Waals surface area contributed by atoms with Crippen molar-refractivity contribution in [1.82, 2.24) is 25.3 Å². The first-order chi connectivity index (χ1) is 19.7. The zero-order valence-electron chi connectivity index (χ0n) is 23.1. The lowest BCUT2D eigenvalue weighted by Gasteiger charge is -2.33. The van der Waals surface area contributed by atoms with Crippen LogP contribution >= 0.6 is 0 Å². The zero-order valence-corrected chi connectivity index (χ0v) is 23.1. The van der Waals surface area contributed by atoms with E-state index in [1.165, 1.54) is 25.3 Å². The SMILES string of the molecule is CCN1CCN(NC(=O)c2ccc(Nc3ncc4c(n3)N(c3ccccc3)CC(F)(F)C(=O)N4C)c(OC)c2)CC1. The Bertz CT molecular complexity index is 1420. The molecule has 3 heterocycles. The number of carbonyl (C=O) groups is 2. The van der Waals surface area contributed by atoms with Gasteiger partial charge in [0, 0.05) is 44.5 Å². The van der Waals surface area contributed by atoms with Crippen molar-refractivity contribution in [2.24, 2.45) is 0 Å². The van der Waals surface area contributed by atoms with Crippen LogP contribution in [0.25, 0.3) is 0 Å². The number of hydrogen-bond donors (Lipinski definition) is 2. The van der Waals surface area contributed by atoms with Gasteiger partial charge in [-0.1, -0.05) is 25.1 Å². The molecule has 3 aromatic rings. The molecule has 41 heavy (non-hydrogen) atoms. The van der Waals surface area contributed by atoms with Crippen molar-refractivity contribution in [3.63, 3.8) is 0 Å². The number of fused-ring (bicyclic) bond motifs is 1. The van der Waals surface area contributed by atoms with E-state index in [-0.39, 0.29) is 23.4 Å². The number of amides is 2. The normalized spacial score (nSPS) is 17.5. The molecule has 216 valence electrons. The van der Waals surface area contributed by atoms with Crippen molar-refractivity contribution in [3.8, 4) is 5.75 Å². The number of aromatic nitrogens is 2. The maximum Gasteiger partial charge on any atom is 0.342 e. The second kappa shape index (κ2) is 11.6. The number of carbonyl (C=O) groups excluding carboxylic acids is 2. The summed E-state index contributed by atoms with van der Waals surface area (Å²) >= 11 is 0. The third kappa shape index (κ3) is 5.91. The third-order valence-electron chi connectivity index (χ3n) is 7.20. The fourth-order valence-corrected chi connectivity index (χ4v) is 4.82. The fourth-order valence-electron chi connectivity index (χ4n) is 4.82. The van der Waals surface area contributed by atoms with E-state index < -0.39 is 18.4 Å². The minimum atomic E-state index is -3.65. The lowest BCUT2D eigenvalue weighted by molar-refractivity contribution is -0.140. The number of hydrazine groups is 1. The molecule has 1 fully saturated rings. The molecule has 2 N–H and O–H groups in total. The van der Waals surface area contributed by atoms with E-state index in [2.05, 4.69) is 32.5 Å². The topological polar surface area (TPSA) is 106 Å². The highest BCUT2D eigenvalue weighted by Crippen LogP contribution is 2.40. The van der Waals surface area contributed by atoms with Crippen LogP contribution < -0.4 is 25.3 Å². The summed E-state index contributed by atoms with van der Waals surface area (Å²) in [5.41, 5.74) is 4.41. The Labute approximate surface area is 236 Å². The molecule has 2 aliphatic heterocycles. The smallest absolute Gasteiger partial charge is 0.342 e. The lowest BCUT2D eigenvalue weighted by Crippen LogP contribution is -2.53. The van der Waals surface area contributed by atoms with Gasteiger partial charge in [-0.15, -0.1) is 0 Å². The fraction of sp³-hybridized carbons (Fsp3) is 0.357. The van der Waals surface area contributed by atoms with Crippen LogP contribution in [0.5, 0.6) is 5.75 Å². The maximum atomic E-state index is 14.9. The summed E-state index contributed by atoms with van der Waals surface area (Å²) in [6.07, 6.45) is 1.33. The average Bonchev–Trinajstić information content (AvgIpc) is 3.06. The van der Waals surface area contributed by atoms with Crippen molar-refractivity contribution in [1.29, 1.82) is 0 Å². The minimum Gasteiger partial charge on any atom is -0.495 e. The monoisotopic (exact) mass is 566 g/mol. The van der Waals surface area contributed by atoms with Gasteiger partial charge in [0.15, 0.2) is 5.82 Å². The summed E-state index contributed by atoms with van der Waals surface area (Å²) in [5.74, 6) is -4.65. The Hall–Kier alpha value is -4.36. The first-order valence-electron chi connectivity index (χ1n) is 13.3. The number of methoxy groups -OCH3 is 1. The van der Waals surface area contributed by atoms with E-state index in [0.29, 0.717) is 22.7 Å². The van der Waals surface area contributed by atoms with Gasteiger partial charge in [0.05, 0.1) is 25.5 Å². The van der Waals surface area contributed by atoms with Crippen LogP contribution in [0, 0.1) is 0 Å². The number of halogens is 2. The number of para-hydroxylation sites is 1. The Morgan fingerprint density at radius 1 is 1.10 bits per heavy atom. The highest BCUT2D eigenvalue weighted by molar-refractivity contribution is 6.02. The van der Waals surface area contributed by atoms with Crippen molar-refractivity contribution >= 4 is 40.6 Å².